The molecule has 318 valence electrons. The molecule has 9 aromatic carbocycles. The maximum absolute atomic E-state index is 3.49. The summed E-state index contributed by atoms with van der Waals surface area (Å²) < 4.78 is 0. The highest BCUT2D eigenvalue weighted by Crippen LogP contribution is 2.39. The Morgan fingerprint density at radius 1 is 0.333 bits per heavy atom. The molecule has 0 unspecified atom stereocenters. The largest absolute Gasteiger partial charge is 0.311 e. The van der Waals surface area contributed by atoms with E-state index in [9.17, 15) is 0 Å². The van der Waals surface area contributed by atoms with Crippen LogP contribution in [0.5, 0.6) is 0 Å². The van der Waals surface area contributed by atoms with Crippen LogP contribution >= 0.6 is 0 Å². The molecule has 0 aromatic heterocycles. The van der Waals surface area contributed by atoms with Crippen LogP contribution in [0.1, 0.15) is 66.8 Å². The summed E-state index contributed by atoms with van der Waals surface area (Å²) in [7, 11) is 0. The van der Waals surface area contributed by atoms with Gasteiger partial charge in [-0.2, -0.15) is 0 Å². The van der Waals surface area contributed by atoms with E-state index in [-0.39, 0.29) is 6.71 Å². The first kappa shape index (κ1) is 43.4. The molecule has 9 rings (SSSR count). The van der Waals surface area contributed by atoms with Gasteiger partial charge in [0, 0.05) is 28.2 Å². The van der Waals surface area contributed by atoms with Gasteiger partial charge in [0.05, 0.1) is 0 Å². The van der Waals surface area contributed by atoms with Gasteiger partial charge >= 0.3 is 0 Å². The van der Waals surface area contributed by atoms with E-state index in [4.69, 9.17) is 0 Å². The molecule has 0 aliphatic carbocycles. The average molecular weight is 848 g/mol. The Labute approximate surface area is 392 Å². The third-order valence-electron chi connectivity index (χ3n) is 12.6. The second-order valence-corrected chi connectivity index (χ2v) is 17.5. The van der Waals surface area contributed by atoms with Crippen LogP contribution in [0.25, 0.3) is 11.1 Å². The minimum absolute atomic E-state index is 0.129. The lowest BCUT2D eigenvalue weighted by Crippen LogP contribution is -2.55. The lowest BCUT2D eigenvalue weighted by Gasteiger charge is -2.26. The lowest BCUT2D eigenvalue weighted by molar-refractivity contribution is 1.28. The third kappa shape index (κ3) is 9.35. The van der Waals surface area contributed by atoms with Crippen LogP contribution in [-0.4, -0.2) is 6.71 Å². The zero-order chi connectivity index (χ0) is 45.6. The smallest absolute Gasteiger partial charge is 0.242 e. The van der Waals surface area contributed by atoms with Crippen molar-refractivity contribution in [3.05, 3.63) is 285 Å². The molecule has 0 spiro atoms. The predicted octanol–water partition coefficient (Wildman–Crippen LogP) is 13.9. The van der Waals surface area contributed by atoms with E-state index in [1.165, 1.54) is 60.9 Å². The highest BCUT2D eigenvalue weighted by atomic mass is 15.1. The first-order valence-electron chi connectivity index (χ1n) is 23.0. The number of aryl methyl sites for hydroxylation is 6. The van der Waals surface area contributed by atoms with Gasteiger partial charge in [-0.1, -0.05) is 219 Å². The van der Waals surface area contributed by atoms with Crippen molar-refractivity contribution < 1.29 is 0 Å². The maximum Gasteiger partial charge on any atom is 0.242 e. The predicted molar refractivity (Wildman–Crippen MR) is 284 cm³/mol. The SMILES string of the molecule is Cc1cc(C)c(B(c2ccc(C#Cc3ccc(/C(=C(\c4ccccc4)c4ccc(N(c5ccccc5)c5ccccc5)cc4)c4ccccc4)cc3)cc2)c2c(C)cc(C)cc2C)c(C)c1. The van der Waals surface area contributed by atoms with Crippen LogP contribution in [0, 0.1) is 53.4 Å². The summed E-state index contributed by atoms with van der Waals surface area (Å²) in [6.07, 6.45) is 0. The molecule has 0 amide bonds. The van der Waals surface area contributed by atoms with Gasteiger partial charge in [-0.25, -0.2) is 0 Å². The molecule has 66 heavy (non-hydrogen) atoms. The Bertz CT molecular complexity index is 3050. The van der Waals surface area contributed by atoms with Crippen molar-refractivity contribution in [2.24, 2.45) is 0 Å². The molecule has 0 saturated carbocycles. The number of para-hydroxylation sites is 2. The van der Waals surface area contributed by atoms with E-state index < -0.39 is 0 Å². The summed E-state index contributed by atoms with van der Waals surface area (Å²) in [5.74, 6) is 6.99. The molecule has 0 atom stereocenters. The van der Waals surface area contributed by atoms with Gasteiger partial charge in [-0.15, -0.1) is 0 Å². The van der Waals surface area contributed by atoms with Crippen molar-refractivity contribution in [3.63, 3.8) is 0 Å². The average Bonchev–Trinajstić information content (AvgIpc) is 3.33. The number of anilines is 3. The van der Waals surface area contributed by atoms with E-state index in [2.05, 4.69) is 277 Å². The van der Waals surface area contributed by atoms with Crippen molar-refractivity contribution >= 4 is 51.3 Å². The quantitative estimate of drug-likeness (QED) is 0.0753. The van der Waals surface area contributed by atoms with E-state index in [0.717, 1.165) is 50.4 Å². The first-order valence-corrected chi connectivity index (χ1v) is 23.0. The molecule has 0 aliphatic rings. The van der Waals surface area contributed by atoms with Gasteiger partial charge in [-0.05, 0) is 136 Å². The Hall–Kier alpha value is -7.86. The topological polar surface area (TPSA) is 3.24 Å². The maximum atomic E-state index is 3.49. The first-order chi connectivity index (χ1) is 32.2. The van der Waals surface area contributed by atoms with Crippen LogP contribution < -0.4 is 21.3 Å². The monoisotopic (exact) mass is 847 g/mol. The van der Waals surface area contributed by atoms with Gasteiger partial charge in [0.2, 0.25) is 6.71 Å². The van der Waals surface area contributed by atoms with Crippen LogP contribution in [0.15, 0.2) is 218 Å². The summed E-state index contributed by atoms with van der Waals surface area (Å²) >= 11 is 0. The second kappa shape index (κ2) is 19.5. The summed E-state index contributed by atoms with van der Waals surface area (Å²) in [5.41, 5.74) is 24.2. The van der Waals surface area contributed by atoms with Gasteiger partial charge < -0.3 is 4.90 Å². The van der Waals surface area contributed by atoms with Gasteiger partial charge in [-0.3, -0.25) is 0 Å². The summed E-state index contributed by atoms with van der Waals surface area (Å²) in [4.78, 5) is 2.30. The van der Waals surface area contributed by atoms with E-state index in [1.54, 1.807) is 0 Å². The van der Waals surface area contributed by atoms with Crippen molar-refractivity contribution in [1.29, 1.82) is 0 Å². The molecule has 0 saturated heterocycles. The summed E-state index contributed by atoms with van der Waals surface area (Å²) in [6, 6.07) is 78.6. The van der Waals surface area contributed by atoms with E-state index in [1.807, 2.05) is 0 Å². The normalized spacial score (nSPS) is 11.3. The fraction of sp³-hybridized carbons (Fsp3) is 0.0938. The van der Waals surface area contributed by atoms with Crippen LogP contribution in [0.2, 0.25) is 0 Å². The van der Waals surface area contributed by atoms with Crippen molar-refractivity contribution in [1.82, 2.24) is 0 Å². The van der Waals surface area contributed by atoms with Crippen molar-refractivity contribution in [2.45, 2.75) is 41.5 Å². The Balaban J connectivity index is 1.07. The van der Waals surface area contributed by atoms with Gasteiger partial charge in [0.25, 0.3) is 0 Å². The molecule has 9 aromatic rings. The lowest BCUT2D eigenvalue weighted by atomic mass is 9.34. The van der Waals surface area contributed by atoms with E-state index >= 15 is 0 Å². The standard InChI is InChI=1S/C64H54BN/c1-45-41-47(3)63(48(4)42-45)65(64-49(5)43-46(2)44-50(64)6)57-37-31-52(32-38-57)28-27-51-29-33-55(34-30-51)61(53-19-11-7-12-20-53)62(54-21-13-8-14-22-54)56-35-39-60(40-36-56)66(58-23-15-9-16-24-58)59-25-17-10-18-26-59/h7-26,29-44H,1-6H3/b62-61+. The molecule has 0 fully saturated rings. The molecule has 1 nitrogen and oxygen atoms in total. The van der Waals surface area contributed by atoms with E-state index in [0.29, 0.717) is 0 Å². The molecule has 0 bridgehead atoms. The summed E-state index contributed by atoms with van der Waals surface area (Å²) in [5, 5.41) is 0. The third-order valence-corrected chi connectivity index (χ3v) is 12.6. The number of rotatable bonds is 10. The highest BCUT2D eigenvalue weighted by molar-refractivity contribution is 6.96. The van der Waals surface area contributed by atoms with Crippen molar-refractivity contribution in [2.75, 3.05) is 4.90 Å². The number of nitrogens with zero attached hydrogens (tertiary/aromatic N) is 1. The molecule has 0 N–H and O–H groups in total. The molecule has 0 aliphatic heterocycles. The minimum atomic E-state index is 0.129. The fourth-order valence-electron chi connectivity index (χ4n) is 9.89. The second-order valence-electron chi connectivity index (χ2n) is 17.5. The number of hydrogen-bond donors (Lipinski definition) is 0. The van der Waals surface area contributed by atoms with Crippen LogP contribution in [0.3, 0.4) is 0 Å². The number of hydrogen-bond acceptors (Lipinski definition) is 1. The highest BCUT2D eigenvalue weighted by Gasteiger charge is 2.28. The van der Waals surface area contributed by atoms with Gasteiger partial charge in [0.15, 0.2) is 0 Å². The van der Waals surface area contributed by atoms with Crippen LogP contribution in [-0.2, 0) is 0 Å². The Morgan fingerprint density at radius 3 is 1.02 bits per heavy atom. The van der Waals surface area contributed by atoms with Crippen molar-refractivity contribution in [3.8, 4) is 11.8 Å². The zero-order valence-corrected chi connectivity index (χ0v) is 38.8. The molecule has 2 heteroatoms. The molecule has 0 radical (unpaired) electrons. The molecular formula is C64H54BN. The fourth-order valence-corrected chi connectivity index (χ4v) is 9.89. The Kier molecular flexibility index (Phi) is 12.8. The molecular weight excluding hydrogens is 794 g/mol. The summed E-state index contributed by atoms with van der Waals surface area (Å²) in [6.45, 7) is 13.6. The van der Waals surface area contributed by atoms with Crippen LogP contribution in [0.4, 0.5) is 17.1 Å². The number of benzene rings is 9. The Morgan fingerprint density at radius 2 is 0.636 bits per heavy atom. The zero-order valence-electron chi connectivity index (χ0n) is 38.8. The van der Waals surface area contributed by atoms with Gasteiger partial charge in [0.1, 0.15) is 0 Å². The minimum Gasteiger partial charge on any atom is -0.311 e. The molecule has 0 heterocycles.